The maximum absolute atomic E-state index is 13.5. The van der Waals surface area contributed by atoms with Crippen molar-refractivity contribution in [2.75, 3.05) is 31.1 Å². The number of rotatable bonds is 2. The van der Waals surface area contributed by atoms with Gasteiger partial charge in [-0.3, -0.25) is 9.69 Å². The monoisotopic (exact) mass is 412 g/mol. The van der Waals surface area contributed by atoms with E-state index in [9.17, 15) is 10.1 Å². The lowest BCUT2D eigenvalue weighted by atomic mass is 9.71. The summed E-state index contributed by atoms with van der Waals surface area (Å²) in [6.07, 6.45) is 0. The molecule has 5 rings (SSSR count). The number of nitriles is 1. The largest absolute Gasteiger partial charge is 0.369 e. The van der Waals surface area contributed by atoms with Crippen molar-refractivity contribution in [1.29, 1.82) is 5.26 Å². The molecule has 5 heteroatoms. The third kappa shape index (κ3) is 2.97. The average molecular weight is 413 g/mol. The summed E-state index contributed by atoms with van der Waals surface area (Å²) in [7, 11) is 0. The molecule has 1 aromatic heterocycles. The summed E-state index contributed by atoms with van der Waals surface area (Å²) in [6.45, 7) is 13.0. The molecule has 3 aromatic rings. The van der Waals surface area contributed by atoms with Crippen LogP contribution in [0.25, 0.3) is 10.9 Å². The second-order valence-electron chi connectivity index (χ2n) is 9.55. The number of aromatic amines is 1. The first-order valence-corrected chi connectivity index (χ1v) is 11.1. The van der Waals surface area contributed by atoms with E-state index in [4.69, 9.17) is 0 Å². The van der Waals surface area contributed by atoms with Crippen LogP contribution in [0.4, 0.5) is 5.69 Å². The Morgan fingerprint density at radius 3 is 2.48 bits per heavy atom. The van der Waals surface area contributed by atoms with Crippen LogP contribution in [0.5, 0.6) is 0 Å². The summed E-state index contributed by atoms with van der Waals surface area (Å²) in [6, 6.07) is 14.6. The molecule has 31 heavy (non-hydrogen) atoms. The number of ketones is 1. The van der Waals surface area contributed by atoms with Crippen molar-refractivity contribution in [1.82, 2.24) is 9.88 Å². The number of hydrogen-bond donors (Lipinski definition) is 1. The topological polar surface area (TPSA) is 63.1 Å². The molecule has 0 saturated carbocycles. The van der Waals surface area contributed by atoms with Gasteiger partial charge in [-0.05, 0) is 49.7 Å². The van der Waals surface area contributed by atoms with E-state index in [0.29, 0.717) is 11.6 Å². The minimum Gasteiger partial charge on any atom is -0.369 e. The van der Waals surface area contributed by atoms with Crippen molar-refractivity contribution < 1.29 is 4.79 Å². The normalized spacial score (nSPS) is 18.2. The van der Waals surface area contributed by atoms with E-state index in [1.165, 1.54) is 5.69 Å². The Balaban J connectivity index is 1.57. The lowest BCUT2D eigenvalue weighted by Crippen LogP contribution is -2.49. The molecule has 158 valence electrons. The van der Waals surface area contributed by atoms with E-state index < -0.39 is 0 Å². The summed E-state index contributed by atoms with van der Waals surface area (Å²) in [5, 5.41) is 10.2. The van der Waals surface area contributed by atoms with Gasteiger partial charge >= 0.3 is 0 Å². The molecule has 2 aliphatic rings. The summed E-state index contributed by atoms with van der Waals surface area (Å²) in [5.74, 6) is 0.0662. The van der Waals surface area contributed by atoms with Gasteiger partial charge < -0.3 is 9.88 Å². The first-order valence-electron chi connectivity index (χ1n) is 11.1. The van der Waals surface area contributed by atoms with Crippen LogP contribution >= 0.6 is 0 Å². The molecule has 1 aliphatic carbocycles. The molecular formula is C26H28N4O. The van der Waals surface area contributed by atoms with Gasteiger partial charge in [0.25, 0.3) is 0 Å². The van der Waals surface area contributed by atoms with Gasteiger partial charge in [0.15, 0.2) is 5.78 Å². The maximum atomic E-state index is 13.5. The molecule has 5 nitrogen and oxygen atoms in total. The molecule has 2 aromatic carbocycles. The minimum absolute atomic E-state index is 0.0662. The van der Waals surface area contributed by atoms with Crippen molar-refractivity contribution in [3.8, 4) is 6.07 Å². The van der Waals surface area contributed by atoms with Gasteiger partial charge in [-0.2, -0.15) is 5.26 Å². The molecule has 0 radical (unpaired) electrons. The third-order valence-electron chi connectivity index (χ3n) is 7.11. The molecular weight excluding hydrogens is 384 g/mol. The van der Waals surface area contributed by atoms with Gasteiger partial charge in [0.2, 0.25) is 0 Å². The van der Waals surface area contributed by atoms with E-state index in [-0.39, 0.29) is 11.2 Å². The summed E-state index contributed by atoms with van der Waals surface area (Å²) >= 11 is 0. The Labute approximate surface area is 183 Å². The zero-order valence-electron chi connectivity index (χ0n) is 18.6. The predicted octanol–water partition coefficient (Wildman–Crippen LogP) is 4.44. The highest BCUT2D eigenvalue weighted by Gasteiger charge is 2.40. The number of fused-ring (bicyclic) bond motifs is 4. The van der Waals surface area contributed by atoms with Crippen LogP contribution in [0.2, 0.25) is 0 Å². The first-order chi connectivity index (χ1) is 14.8. The van der Waals surface area contributed by atoms with E-state index in [2.05, 4.69) is 60.7 Å². The van der Waals surface area contributed by atoms with E-state index in [1.54, 1.807) is 6.07 Å². The number of hydrogen-bond acceptors (Lipinski definition) is 4. The molecule has 2 heterocycles. The molecule has 0 bridgehead atoms. The zero-order valence-corrected chi connectivity index (χ0v) is 18.6. The fourth-order valence-corrected chi connectivity index (χ4v) is 5.18. The van der Waals surface area contributed by atoms with Crippen molar-refractivity contribution in [2.45, 2.75) is 39.2 Å². The van der Waals surface area contributed by atoms with Crippen molar-refractivity contribution in [2.24, 2.45) is 0 Å². The Hall–Kier alpha value is -3.10. The van der Waals surface area contributed by atoms with Gasteiger partial charge in [0, 0.05) is 65.5 Å². The number of anilines is 1. The van der Waals surface area contributed by atoms with Crippen molar-refractivity contribution in [3.05, 3.63) is 64.3 Å². The highest BCUT2D eigenvalue weighted by Crippen LogP contribution is 2.44. The number of aromatic nitrogens is 1. The van der Waals surface area contributed by atoms with Crippen LogP contribution in [0.1, 0.15) is 60.4 Å². The Morgan fingerprint density at radius 1 is 1.06 bits per heavy atom. The van der Waals surface area contributed by atoms with E-state index in [1.807, 2.05) is 18.2 Å². The van der Waals surface area contributed by atoms with E-state index >= 15 is 0 Å². The van der Waals surface area contributed by atoms with Crippen LogP contribution < -0.4 is 4.90 Å². The quantitative estimate of drug-likeness (QED) is 0.676. The Bertz CT molecular complexity index is 1240. The van der Waals surface area contributed by atoms with Gasteiger partial charge in [-0.25, -0.2) is 0 Å². The highest BCUT2D eigenvalue weighted by atomic mass is 16.1. The van der Waals surface area contributed by atoms with Crippen LogP contribution in [0.15, 0.2) is 36.4 Å². The fourth-order valence-electron chi connectivity index (χ4n) is 5.18. The fraction of sp³-hybridized carbons (Fsp3) is 0.385. The third-order valence-corrected chi connectivity index (χ3v) is 7.11. The van der Waals surface area contributed by atoms with Crippen LogP contribution in [0, 0.1) is 11.3 Å². The lowest BCUT2D eigenvalue weighted by Gasteiger charge is -2.39. The maximum Gasteiger partial charge on any atom is 0.195 e. The number of nitrogens with zero attached hydrogens (tertiary/aromatic N) is 3. The van der Waals surface area contributed by atoms with Gasteiger partial charge in [-0.15, -0.1) is 0 Å². The number of carbonyl (C=O) groups excluding carboxylic acids is 1. The SMILES string of the molecule is CC(C)N1CCN(c2ccc3c(c2)C(C)(C)c2[nH]c4cc(C#N)ccc4c2C3=O)CC1. The van der Waals surface area contributed by atoms with Crippen LogP contribution in [-0.4, -0.2) is 47.9 Å². The number of nitrogens with one attached hydrogen (secondary N) is 1. The number of carbonyl (C=O) groups is 1. The Kier molecular flexibility index (Phi) is 4.46. The van der Waals surface area contributed by atoms with Crippen molar-refractivity contribution in [3.63, 3.8) is 0 Å². The second kappa shape index (κ2) is 6.96. The second-order valence-corrected chi connectivity index (χ2v) is 9.55. The number of benzene rings is 2. The average Bonchev–Trinajstić information content (AvgIpc) is 3.17. The summed E-state index contributed by atoms with van der Waals surface area (Å²) < 4.78 is 0. The standard InChI is InChI=1S/C26H28N4O/c1-16(2)29-9-11-30(12-10-29)18-6-8-19-21(14-18)26(3,4)25-23(24(19)31)20-7-5-17(15-27)13-22(20)28-25/h5-8,13-14,16,28H,9-12H2,1-4H3. The van der Waals surface area contributed by atoms with Gasteiger partial charge in [0.1, 0.15) is 0 Å². The number of piperazine rings is 1. The predicted molar refractivity (Wildman–Crippen MR) is 124 cm³/mol. The Morgan fingerprint density at radius 2 is 1.81 bits per heavy atom. The molecule has 1 N–H and O–H groups in total. The van der Waals surface area contributed by atoms with Gasteiger partial charge in [-0.1, -0.05) is 19.9 Å². The molecule has 0 amide bonds. The van der Waals surface area contributed by atoms with E-state index in [0.717, 1.165) is 59.5 Å². The summed E-state index contributed by atoms with van der Waals surface area (Å²) in [4.78, 5) is 21.9. The molecule has 1 saturated heterocycles. The lowest BCUT2D eigenvalue weighted by molar-refractivity contribution is 0.103. The highest BCUT2D eigenvalue weighted by molar-refractivity contribution is 6.20. The van der Waals surface area contributed by atoms with Crippen LogP contribution in [-0.2, 0) is 5.41 Å². The zero-order chi connectivity index (χ0) is 21.9. The molecule has 0 spiro atoms. The summed E-state index contributed by atoms with van der Waals surface area (Å²) in [5.41, 5.74) is 5.84. The van der Waals surface area contributed by atoms with Crippen molar-refractivity contribution >= 4 is 22.4 Å². The number of H-pyrrole nitrogens is 1. The minimum atomic E-state index is -0.333. The van der Waals surface area contributed by atoms with Gasteiger partial charge in [0.05, 0.1) is 17.2 Å². The molecule has 0 unspecified atom stereocenters. The molecule has 1 aliphatic heterocycles. The van der Waals surface area contributed by atoms with Crippen LogP contribution in [0.3, 0.4) is 0 Å². The smallest absolute Gasteiger partial charge is 0.195 e. The molecule has 0 atom stereocenters. The first kappa shape index (κ1) is 19.8. The molecule has 1 fully saturated rings.